The Morgan fingerprint density at radius 2 is 1.00 bits per heavy atom. The molecule has 0 unspecified atom stereocenters. The van der Waals surface area contributed by atoms with Crippen LogP contribution in [0.4, 0.5) is 0 Å². The monoisotopic (exact) mass is 410 g/mol. The topological polar surface area (TPSA) is 91.1 Å². The van der Waals surface area contributed by atoms with E-state index in [-0.39, 0.29) is 51.2 Å². The minimum absolute atomic E-state index is 0. The van der Waals surface area contributed by atoms with Crippen molar-refractivity contribution >= 4 is 0 Å². The van der Waals surface area contributed by atoms with Crippen molar-refractivity contribution in [2.45, 2.75) is 0 Å². The summed E-state index contributed by atoms with van der Waals surface area (Å²) in [6, 6.07) is 0. The number of rotatable bonds is 0. The maximum absolute atomic E-state index is 8.33. The average molecular weight is 410 g/mol. The van der Waals surface area contributed by atoms with E-state index >= 15 is 0 Å². The van der Waals surface area contributed by atoms with Gasteiger partial charge < -0.3 is 11.0 Å². The SMILES string of the molecule is [O-2].[O-2].[O]=[Cu].[O]=[W].[Ti+4].[V]. The predicted octanol–water partition coefficient (Wildman–Crippen LogP) is -0.485. The molecule has 0 saturated heterocycles. The van der Waals surface area contributed by atoms with Gasteiger partial charge in [-0.2, -0.15) is 0 Å². The molecule has 0 aromatic rings. The molecule has 0 amide bonds. The molecule has 0 aliphatic heterocycles. The maximum Gasteiger partial charge on any atom is 4.00 e. The average Bonchev–Trinajstić information content (AvgIpc) is 1.50. The summed E-state index contributed by atoms with van der Waals surface area (Å²) in [7, 11) is 0. The Bertz CT molecular complexity index is 18.0. The molecule has 0 N–H and O–H groups in total. The zero-order valence-corrected chi connectivity index (χ0v) is 10.1. The molecule has 0 fully saturated rings. The predicted molar refractivity (Wildman–Crippen MR) is 2.75 cm³/mol. The van der Waals surface area contributed by atoms with Crippen molar-refractivity contribution in [1.82, 2.24) is 0 Å². The third-order valence-corrected chi connectivity index (χ3v) is 0. The van der Waals surface area contributed by atoms with Gasteiger partial charge in [0.1, 0.15) is 0 Å². The van der Waals surface area contributed by atoms with Gasteiger partial charge in [-0.15, -0.1) is 0 Å². The van der Waals surface area contributed by atoms with E-state index in [9.17, 15) is 0 Å². The first-order chi connectivity index (χ1) is 2.00. The number of hydrogen-bond acceptors (Lipinski definition) is 2. The first-order valence-electron chi connectivity index (χ1n) is 0.290. The summed E-state index contributed by atoms with van der Waals surface area (Å²) >= 11 is 3.27. The van der Waals surface area contributed by atoms with Crippen LogP contribution in [-0.2, 0) is 94.2 Å². The Morgan fingerprint density at radius 1 is 1.00 bits per heavy atom. The van der Waals surface area contributed by atoms with Gasteiger partial charge in [-0.3, -0.25) is 0 Å². The molecule has 0 bridgehead atoms. The van der Waals surface area contributed by atoms with E-state index in [0.29, 0.717) is 19.8 Å². The minimum Gasteiger partial charge on any atom is 0 e. The molecule has 0 atom stereocenters. The van der Waals surface area contributed by atoms with Gasteiger partial charge in [-0.05, 0) is 0 Å². The summed E-state index contributed by atoms with van der Waals surface area (Å²) in [6.45, 7) is 0. The van der Waals surface area contributed by atoms with Gasteiger partial charge in [0.15, 0.2) is 0 Å². The third kappa shape index (κ3) is 96.5. The molecule has 0 aromatic carbocycles. The van der Waals surface area contributed by atoms with Crippen LogP contribution in [0, 0.1) is 0 Å². The van der Waals surface area contributed by atoms with E-state index in [2.05, 4.69) is 15.9 Å². The van der Waals surface area contributed by atoms with Crippen molar-refractivity contribution in [3.05, 3.63) is 0 Å². The third-order valence-electron chi connectivity index (χ3n) is 0. The van der Waals surface area contributed by atoms with Crippen LogP contribution in [0.15, 0.2) is 0 Å². The molecule has 0 aromatic heterocycles. The second-order valence-electron chi connectivity index (χ2n) is 0. The molecule has 0 rings (SSSR count). The van der Waals surface area contributed by atoms with Crippen molar-refractivity contribution in [2.24, 2.45) is 0 Å². The van der Waals surface area contributed by atoms with Crippen molar-refractivity contribution < 1.29 is 94.2 Å². The standard InChI is InChI=1S/Cu.4O.Ti.V.W/q;;;2*-2;+4;;. The zero-order valence-electron chi connectivity index (χ0n) is 3.29. The second kappa shape index (κ2) is 142. The van der Waals surface area contributed by atoms with Crippen LogP contribution < -0.4 is 0 Å². The van der Waals surface area contributed by atoms with Crippen LogP contribution in [0.25, 0.3) is 0 Å². The molecule has 8 heteroatoms. The summed E-state index contributed by atoms with van der Waals surface area (Å²) in [4.78, 5) is 0. The van der Waals surface area contributed by atoms with Crippen LogP contribution in [0.5, 0.6) is 0 Å². The molecule has 0 saturated carbocycles. The molecular formula is CuO4TiVW. The Hall–Kier alpha value is 2.03. The fourth-order valence-electron chi connectivity index (χ4n) is 0. The van der Waals surface area contributed by atoms with E-state index < -0.39 is 0 Å². The van der Waals surface area contributed by atoms with Gasteiger partial charge in [0.05, 0.1) is 0 Å². The van der Waals surface area contributed by atoms with Crippen LogP contribution in [0.1, 0.15) is 0 Å². The summed E-state index contributed by atoms with van der Waals surface area (Å²) < 4.78 is 16.1. The van der Waals surface area contributed by atoms with E-state index in [4.69, 9.17) is 7.23 Å². The largest absolute Gasteiger partial charge is 4.00 e. The zero-order chi connectivity index (χ0) is 4.00. The molecule has 1 radical (unpaired) electrons. The fourth-order valence-corrected chi connectivity index (χ4v) is 0. The first-order valence-corrected chi connectivity index (χ1v) is 1.87. The maximum atomic E-state index is 8.33. The van der Waals surface area contributed by atoms with Gasteiger partial charge in [0, 0.05) is 18.6 Å². The van der Waals surface area contributed by atoms with Crippen LogP contribution in [0.2, 0.25) is 0 Å². The quantitative estimate of drug-likeness (QED) is 0.505. The molecule has 8 heavy (non-hydrogen) atoms. The fraction of sp³-hybridized carbons (Fsp3) is 0. The molecule has 0 spiro atoms. The summed E-state index contributed by atoms with van der Waals surface area (Å²) in [5.41, 5.74) is 0. The van der Waals surface area contributed by atoms with Gasteiger partial charge in [-0.25, -0.2) is 0 Å². The van der Waals surface area contributed by atoms with Crippen LogP contribution >= 0.6 is 0 Å². The van der Waals surface area contributed by atoms with Gasteiger partial charge in [0.2, 0.25) is 0 Å². The minimum atomic E-state index is 0. The van der Waals surface area contributed by atoms with Crippen molar-refractivity contribution in [3.63, 3.8) is 0 Å². The Morgan fingerprint density at radius 3 is 1.00 bits per heavy atom. The van der Waals surface area contributed by atoms with Gasteiger partial charge >= 0.3 is 64.7 Å². The smallest absolute Gasteiger partial charge is 0 e. The van der Waals surface area contributed by atoms with Crippen molar-refractivity contribution in [3.8, 4) is 0 Å². The van der Waals surface area contributed by atoms with E-state index in [1.807, 2.05) is 0 Å². The van der Waals surface area contributed by atoms with Crippen LogP contribution in [0.3, 0.4) is 0 Å². The Kier molecular flexibility index (Phi) is 892. The van der Waals surface area contributed by atoms with Gasteiger partial charge in [-0.1, -0.05) is 0 Å². The normalized spacial score (nSPS) is 1.25. The molecular weight excluding hydrogens is 410 g/mol. The van der Waals surface area contributed by atoms with Crippen molar-refractivity contribution in [1.29, 1.82) is 0 Å². The molecule has 0 heterocycles. The van der Waals surface area contributed by atoms with E-state index in [1.54, 1.807) is 0 Å². The molecule has 50 valence electrons. The summed E-state index contributed by atoms with van der Waals surface area (Å²) in [6.07, 6.45) is 0. The first kappa shape index (κ1) is 50.4. The van der Waals surface area contributed by atoms with Crippen molar-refractivity contribution in [2.75, 3.05) is 0 Å². The summed E-state index contributed by atoms with van der Waals surface area (Å²) in [5, 5.41) is 0. The molecule has 4 nitrogen and oxygen atoms in total. The Labute approximate surface area is 93.2 Å². The van der Waals surface area contributed by atoms with E-state index in [0.717, 1.165) is 0 Å². The van der Waals surface area contributed by atoms with Gasteiger partial charge in [0.25, 0.3) is 0 Å². The Balaban J connectivity index is -0.00000000167. The van der Waals surface area contributed by atoms with Crippen LogP contribution in [-0.4, -0.2) is 0 Å². The van der Waals surface area contributed by atoms with E-state index in [1.165, 1.54) is 0 Å². The summed E-state index contributed by atoms with van der Waals surface area (Å²) in [5.74, 6) is 0. The molecule has 0 aliphatic carbocycles. The molecule has 0 aliphatic rings. The number of hydrogen-bond donors (Lipinski definition) is 0. The second-order valence-corrected chi connectivity index (χ2v) is 0.